The Hall–Kier alpha value is -1.31. The first-order valence-corrected chi connectivity index (χ1v) is 4.09. The molecule has 5 nitrogen and oxygen atoms in total. The predicted octanol–water partition coefficient (Wildman–Crippen LogP) is -0.321. The van der Waals surface area contributed by atoms with E-state index in [4.69, 9.17) is 5.73 Å². The third-order valence-electron chi connectivity index (χ3n) is 1.58. The van der Waals surface area contributed by atoms with Crippen LogP contribution in [0.15, 0.2) is 0 Å². The molecule has 0 spiro atoms. The maximum atomic E-state index is 11.7. The van der Waals surface area contributed by atoms with Gasteiger partial charge in [-0.3, -0.25) is 20.4 Å². The molecule has 0 aliphatic rings. The maximum absolute atomic E-state index is 11.7. The Balaban J connectivity index is 4.08. The fourth-order valence-corrected chi connectivity index (χ4v) is 0.575. The number of hydrogen-bond donors (Lipinski definition) is 3. The van der Waals surface area contributed by atoms with Gasteiger partial charge in [0.05, 0.1) is 6.04 Å². The van der Waals surface area contributed by atoms with E-state index in [0.717, 1.165) is 0 Å². The molecule has 0 unspecified atom stereocenters. The van der Waals surface area contributed by atoms with Crippen LogP contribution in [0.4, 0.5) is 13.2 Å². The third kappa shape index (κ3) is 4.63. The summed E-state index contributed by atoms with van der Waals surface area (Å²) in [5.41, 5.74) is 8.11. The fraction of sp³-hybridized carbons (Fsp3) is 0.714. The number of nitrogens with one attached hydrogen (secondary N) is 2. The van der Waals surface area contributed by atoms with Gasteiger partial charge >= 0.3 is 12.1 Å². The summed E-state index contributed by atoms with van der Waals surface area (Å²) in [5, 5.41) is 0. The lowest BCUT2D eigenvalue weighted by molar-refractivity contribution is -0.175. The predicted molar refractivity (Wildman–Crippen MR) is 45.2 cm³/mol. The van der Waals surface area contributed by atoms with Crippen LogP contribution in [0.2, 0.25) is 0 Å². The number of alkyl halides is 3. The second-order valence-corrected chi connectivity index (χ2v) is 3.21. The Morgan fingerprint density at radius 2 is 1.67 bits per heavy atom. The molecule has 0 radical (unpaired) electrons. The van der Waals surface area contributed by atoms with Crippen LogP contribution in [0.1, 0.15) is 13.8 Å². The zero-order valence-electron chi connectivity index (χ0n) is 8.18. The quantitative estimate of drug-likeness (QED) is 0.565. The molecular formula is C7H12F3N3O2. The largest absolute Gasteiger partial charge is 0.472 e. The minimum absolute atomic E-state index is 0.243. The lowest BCUT2D eigenvalue weighted by Crippen LogP contribution is -2.53. The molecule has 0 aliphatic heterocycles. The van der Waals surface area contributed by atoms with Gasteiger partial charge in [-0.05, 0) is 5.92 Å². The molecule has 0 saturated carbocycles. The van der Waals surface area contributed by atoms with E-state index in [1.54, 1.807) is 19.3 Å². The maximum Gasteiger partial charge on any atom is 0.472 e. The van der Waals surface area contributed by atoms with Crippen LogP contribution in [0, 0.1) is 5.92 Å². The van der Waals surface area contributed by atoms with Gasteiger partial charge < -0.3 is 5.73 Å². The van der Waals surface area contributed by atoms with Crippen molar-refractivity contribution in [2.75, 3.05) is 0 Å². The van der Waals surface area contributed by atoms with E-state index in [0.29, 0.717) is 0 Å². The standard InChI is InChI=1S/C7H12F3N3O2/c1-3(2)4(11)5(14)12-13-6(15)7(8,9)10/h3-4H,11H2,1-2H3,(H,12,14)(H,13,15)/t4-/m0/s1. The van der Waals surface area contributed by atoms with E-state index < -0.39 is 24.0 Å². The van der Waals surface area contributed by atoms with Crippen molar-refractivity contribution in [3.05, 3.63) is 0 Å². The van der Waals surface area contributed by atoms with Gasteiger partial charge in [-0.2, -0.15) is 13.2 Å². The number of rotatable bonds is 2. The van der Waals surface area contributed by atoms with Crippen molar-refractivity contribution >= 4 is 11.8 Å². The number of carbonyl (C=O) groups excluding carboxylic acids is 2. The lowest BCUT2D eigenvalue weighted by Gasteiger charge is -2.16. The van der Waals surface area contributed by atoms with Crippen LogP contribution >= 0.6 is 0 Å². The molecule has 0 saturated heterocycles. The Labute approximate surface area is 84.2 Å². The van der Waals surface area contributed by atoms with E-state index >= 15 is 0 Å². The smallest absolute Gasteiger partial charge is 0.320 e. The van der Waals surface area contributed by atoms with Gasteiger partial charge in [-0.25, -0.2) is 0 Å². The highest BCUT2D eigenvalue weighted by Gasteiger charge is 2.39. The lowest BCUT2D eigenvalue weighted by atomic mass is 10.1. The average molecular weight is 227 g/mol. The first-order chi connectivity index (χ1) is 6.66. The number of hydrazine groups is 1. The van der Waals surface area contributed by atoms with E-state index in [1.807, 2.05) is 0 Å². The van der Waals surface area contributed by atoms with Crippen molar-refractivity contribution in [2.24, 2.45) is 11.7 Å². The highest BCUT2D eigenvalue weighted by Crippen LogP contribution is 2.13. The molecule has 8 heteroatoms. The monoisotopic (exact) mass is 227 g/mol. The van der Waals surface area contributed by atoms with Crippen molar-refractivity contribution < 1.29 is 22.8 Å². The van der Waals surface area contributed by atoms with Crippen LogP contribution in [-0.2, 0) is 9.59 Å². The fourth-order valence-electron chi connectivity index (χ4n) is 0.575. The topological polar surface area (TPSA) is 84.2 Å². The number of amides is 2. The van der Waals surface area contributed by atoms with E-state index in [1.165, 1.54) is 5.43 Å². The Morgan fingerprint density at radius 3 is 2.00 bits per heavy atom. The van der Waals surface area contributed by atoms with E-state index in [9.17, 15) is 22.8 Å². The molecule has 4 N–H and O–H groups in total. The Kier molecular flexibility index (Phi) is 4.53. The van der Waals surface area contributed by atoms with E-state index in [-0.39, 0.29) is 5.92 Å². The first-order valence-electron chi connectivity index (χ1n) is 4.09. The first kappa shape index (κ1) is 13.7. The second-order valence-electron chi connectivity index (χ2n) is 3.21. The zero-order chi connectivity index (χ0) is 12.2. The molecule has 0 aromatic heterocycles. The summed E-state index contributed by atoms with van der Waals surface area (Å²) in [6, 6.07) is -0.974. The molecule has 0 heterocycles. The minimum Gasteiger partial charge on any atom is -0.320 e. The number of carbonyl (C=O) groups is 2. The normalized spacial score (nSPS) is 13.5. The highest BCUT2D eigenvalue weighted by molar-refractivity contribution is 5.87. The summed E-state index contributed by atoms with van der Waals surface area (Å²) >= 11 is 0. The molecule has 15 heavy (non-hydrogen) atoms. The third-order valence-corrected chi connectivity index (χ3v) is 1.58. The summed E-state index contributed by atoms with van der Waals surface area (Å²) in [7, 11) is 0. The SMILES string of the molecule is CC(C)[C@H](N)C(=O)NNC(=O)C(F)(F)F. The molecule has 0 rings (SSSR count). The molecule has 0 bridgehead atoms. The van der Waals surface area contributed by atoms with Gasteiger partial charge in [0.25, 0.3) is 5.91 Å². The van der Waals surface area contributed by atoms with Crippen LogP contribution < -0.4 is 16.6 Å². The van der Waals surface area contributed by atoms with Crippen molar-refractivity contribution in [1.29, 1.82) is 0 Å². The van der Waals surface area contributed by atoms with Gasteiger partial charge in [0.15, 0.2) is 0 Å². The Bertz CT molecular complexity index is 252. The van der Waals surface area contributed by atoms with Crippen LogP contribution in [0.25, 0.3) is 0 Å². The second kappa shape index (κ2) is 4.96. The summed E-state index contributed by atoms with van der Waals surface area (Å²) in [6.07, 6.45) is -5.03. The molecule has 0 fully saturated rings. The van der Waals surface area contributed by atoms with Crippen LogP contribution in [0.5, 0.6) is 0 Å². The van der Waals surface area contributed by atoms with Crippen molar-refractivity contribution in [2.45, 2.75) is 26.1 Å². The van der Waals surface area contributed by atoms with Gasteiger partial charge in [-0.1, -0.05) is 13.8 Å². The van der Waals surface area contributed by atoms with Crippen molar-refractivity contribution in [3.8, 4) is 0 Å². The zero-order valence-corrected chi connectivity index (χ0v) is 8.18. The van der Waals surface area contributed by atoms with Gasteiger partial charge in [-0.15, -0.1) is 0 Å². The molecule has 0 aliphatic carbocycles. The Morgan fingerprint density at radius 1 is 1.20 bits per heavy atom. The average Bonchev–Trinajstić information content (AvgIpc) is 2.10. The minimum atomic E-state index is -5.03. The van der Waals surface area contributed by atoms with Gasteiger partial charge in [0.1, 0.15) is 0 Å². The molecule has 0 aromatic carbocycles. The van der Waals surface area contributed by atoms with Gasteiger partial charge in [0.2, 0.25) is 0 Å². The summed E-state index contributed by atoms with van der Waals surface area (Å²) in [5.74, 6) is -3.36. The van der Waals surface area contributed by atoms with Crippen molar-refractivity contribution in [3.63, 3.8) is 0 Å². The number of halogens is 3. The number of hydrogen-bond acceptors (Lipinski definition) is 3. The van der Waals surface area contributed by atoms with E-state index in [2.05, 4.69) is 0 Å². The van der Waals surface area contributed by atoms with Crippen LogP contribution in [-0.4, -0.2) is 24.0 Å². The molecule has 1 atom stereocenters. The van der Waals surface area contributed by atoms with Crippen LogP contribution in [0.3, 0.4) is 0 Å². The summed E-state index contributed by atoms with van der Waals surface area (Å²) in [4.78, 5) is 21.3. The molecule has 2 amide bonds. The molecular weight excluding hydrogens is 215 g/mol. The van der Waals surface area contributed by atoms with Crippen molar-refractivity contribution in [1.82, 2.24) is 10.9 Å². The summed E-state index contributed by atoms with van der Waals surface area (Å²) in [6.45, 7) is 3.24. The van der Waals surface area contributed by atoms with Gasteiger partial charge in [0, 0.05) is 0 Å². The highest BCUT2D eigenvalue weighted by atomic mass is 19.4. The molecule has 0 aromatic rings. The molecule has 88 valence electrons. The number of nitrogens with two attached hydrogens (primary N) is 1. The summed E-state index contributed by atoms with van der Waals surface area (Å²) < 4.78 is 35.0.